The standard InChI is InChI=1S/C37H41F6N3O6/c1-24(26-18-28(36(38,39)40)20-29(19-26)37(41,42)43)51-23-35(27-14-10-7-11-15-27)17-16-34(30(47)44-5,45-31(48)52-33(2,3)4)22-46(35)32(49)50-21-25-12-8-6-9-13-25/h6-15,18-20,24H,16-17,21-23H2,1-5H3,(H,44,47)(H,45,48)/t24-,34?,35-/m1/s1. The molecule has 1 aliphatic heterocycles. The highest BCUT2D eigenvalue weighted by atomic mass is 19.4. The van der Waals surface area contributed by atoms with Gasteiger partial charge in [0.2, 0.25) is 5.91 Å². The first kappa shape index (κ1) is 40.0. The van der Waals surface area contributed by atoms with E-state index in [0.717, 1.165) is 0 Å². The first-order valence-corrected chi connectivity index (χ1v) is 16.4. The van der Waals surface area contributed by atoms with Crippen molar-refractivity contribution in [2.45, 2.75) is 82.3 Å². The third-order valence-electron chi connectivity index (χ3n) is 8.70. The third-order valence-corrected chi connectivity index (χ3v) is 8.70. The Kier molecular flexibility index (Phi) is 11.9. The third kappa shape index (κ3) is 9.55. The van der Waals surface area contributed by atoms with E-state index in [4.69, 9.17) is 14.2 Å². The molecule has 1 heterocycles. The molecular weight excluding hydrogens is 696 g/mol. The van der Waals surface area contributed by atoms with Crippen molar-refractivity contribution in [2.75, 3.05) is 20.2 Å². The van der Waals surface area contributed by atoms with Gasteiger partial charge in [-0.15, -0.1) is 0 Å². The number of ether oxygens (including phenoxy) is 3. The monoisotopic (exact) mass is 737 g/mol. The van der Waals surface area contributed by atoms with Gasteiger partial charge in [-0.05, 0) is 75.4 Å². The number of likely N-dealkylation sites (N-methyl/N-ethyl adjacent to an activating group) is 1. The topological polar surface area (TPSA) is 106 Å². The summed E-state index contributed by atoms with van der Waals surface area (Å²) in [6.07, 6.45) is -13.5. The Labute approximate surface area is 297 Å². The Morgan fingerprint density at radius 3 is 1.92 bits per heavy atom. The highest BCUT2D eigenvalue weighted by Gasteiger charge is 2.56. The van der Waals surface area contributed by atoms with E-state index in [0.29, 0.717) is 23.3 Å². The molecule has 3 aromatic rings. The van der Waals surface area contributed by atoms with E-state index >= 15 is 0 Å². The van der Waals surface area contributed by atoms with Crippen molar-refractivity contribution in [3.8, 4) is 0 Å². The Bertz CT molecular complexity index is 1680. The molecule has 0 aliphatic carbocycles. The summed E-state index contributed by atoms with van der Waals surface area (Å²) in [5.41, 5.74) is -6.48. The van der Waals surface area contributed by atoms with Crippen LogP contribution in [0.15, 0.2) is 78.9 Å². The van der Waals surface area contributed by atoms with Crippen LogP contribution in [-0.2, 0) is 43.5 Å². The maximum Gasteiger partial charge on any atom is 0.416 e. The fourth-order valence-electron chi connectivity index (χ4n) is 6.03. The van der Waals surface area contributed by atoms with Crippen LogP contribution in [0.2, 0.25) is 0 Å². The lowest BCUT2D eigenvalue weighted by Crippen LogP contribution is -2.71. The smallest absolute Gasteiger partial charge is 0.416 e. The molecule has 0 bridgehead atoms. The molecule has 0 aromatic heterocycles. The molecule has 1 fully saturated rings. The van der Waals surface area contributed by atoms with E-state index in [-0.39, 0.29) is 25.5 Å². The van der Waals surface area contributed by atoms with Gasteiger partial charge in [-0.1, -0.05) is 60.7 Å². The summed E-state index contributed by atoms with van der Waals surface area (Å²) in [7, 11) is 1.35. The minimum absolute atomic E-state index is 0.0311. The number of carbonyl (C=O) groups is 3. The van der Waals surface area contributed by atoms with Crippen molar-refractivity contribution in [3.63, 3.8) is 0 Å². The van der Waals surface area contributed by atoms with Crippen LogP contribution >= 0.6 is 0 Å². The van der Waals surface area contributed by atoms with Gasteiger partial charge in [0.25, 0.3) is 0 Å². The normalized spacial score (nSPS) is 20.1. The zero-order chi connectivity index (χ0) is 38.5. The van der Waals surface area contributed by atoms with Crippen molar-refractivity contribution in [3.05, 3.63) is 107 Å². The Morgan fingerprint density at radius 1 is 0.846 bits per heavy atom. The summed E-state index contributed by atoms with van der Waals surface area (Å²) in [6, 6.07) is 18.3. The predicted molar refractivity (Wildman–Crippen MR) is 178 cm³/mol. The molecule has 0 radical (unpaired) electrons. The van der Waals surface area contributed by atoms with Gasteiger partial charge in [-0.3, -0.25) is 9.69 Å². The number of benzene rings is 3. The first-order chi connectivity index (χ1) is 24.2. The lowest BCUT2D eigenvalue weighted by Gasteiger charge is -2.52. The van der Waals surface area contributed by atoms with Gasteiger partial charge in [0.05, 0.1) is 35.9 Å². The number of likely N-dealkylation sites (tertiary alicyclic amines) is 1. The molecule has 52 heavy (non-hydrogen) atoms. The number of hydrogen-bond acceptors (Lipinski definition) is 6. The molecule has 3 atom stereocenters. The SMILES string of the molecule is CNC(=O)C1(NC(=O)OC(C)(C)C)CC[C@@](CO[C@H](C)c2cc(C(F)(F)F)cc(C(F)(F)F)c2)(c2ccccc2)N(C(=O)OCc2ccccc2)C1. The van der Waals surface area contributed by atoms with Gasteiger partial charge in [0.15, 0.2) is 0 Å². The average Bonchev–Trinajstić information content (AvgIpc) is 3.08. The van der Waals surface area contributed by atoms with E-state index in [1.807, 2.05) is 0 Å². The predicted octanol–water partition coefficient (Wildman–Crippen LogP) is 8.14. The quantitative estimate of drug-likeness (QED) is 0.215. The molecule has 15 heteroatoms. The Morgan fingerprint density at radius 2 is 1.40 bits per heavy atom. The second-order valence-corrected chi connectivity index (χ2v) is 13.6. The van der Waals surface area contributed by atoms with Gasteiger partial charge in [0, 0.05) is 7.05 Å². The van der Waals surface area contributed by atoms with Crippen LogP contribution in [0.5, 0.6) is 0 Å². The number of alkyl carbamates (subject to hydrolysis) is 1. The van der Waals surface area contributed by atoms with Crippen LogP contribution in [0.3, 0.4) is 0 Å². The number of hydrogen-bond donors (Lipinski definition) is 2. The highest BCUT2D eigenvalue weighted by molar-refractivity contribution is 5.91. The molecule has 3 amide bonds. The van der Waals surface area contributed by atoms with Crippen molar-refractivity contribution in [2.24, 2.45) is 0 Å². The zero-order valence-electron chi connectivity index (χ0n) is 29.3. The van der Waals surface area contributed by atoms with Gasteiger partial charge in [-0.2, -0.15) is 26.3 Å². The first-order valence-electron chi connectivity index (χ1n) is 16.4. The fourth-order valence-corrected chi connectivity index (χ4v) is 6.03. The van der Waals surface area contributed by atoms with E-state index in [1.54, 1.807) is 81.4 Å². The van der Waals surface area contributed by atoms with Gasteiger partial charge >= 0.3 is 24.5 Å². The number of piperidine rings is 1. The number of carbonyl (C=O) groups excluding carboxylic acids is 3. The fraction of sp³-hybridized carbons (Fsp3) is 0.432. The summed E-state index contributed by atoms with van der Waals surface area (Å²) in [4.78, 5) is 42.1. The van der Waals surface area contributed by atoms with E-state index in [2.05, 4.69) is 10.6 Å². The van der Waals surface area contributed by atoms with Crippen LogP contribution in [-0.4, -0.2) is 54.3 Å². The summed E-state index contributed by atoms with van der Waals surface area (Å²) in [5, 5.41) is 5.17. The largest absolute Gasteiger partial charge is 0.445 e. The van der Waals surface area contributed by atoms with Crippen LogP contribution in [0.1, 0.15) is 74.5 Å². The number of halogens is 6. The van der Waals surface area contributed by atoms with Crippen LogP contribution in [0.4, 0.5) is 35.9 Å². The minimum atomic E-state index is -5.08. The maximum absolute atomic E-state index is 14.2. The molecule has 1 unspecified atom stereocenters. The van der Waals surface area contributed by atoms with Crippen LogP contribution in [0, 0.1) is 0 Å². The number of nitrogens with zero attached hydrogens (tertiary/aromatic N) is 1. The van der Waals surface area contributed by atoms with E-state index in [9.17, 15) is 40.7 Å². The lowest BCUT2D eigenvalue weighted by atomic mass is 9.74. The molecule has 1 aliphatic rings. The Balaban J connectivity index is 1.80. The molecular formula is C37H41F6N3O6. The van der Waals surface area contributed by atoms with Crippen LogP contribution < -0.4 is 10.6 Å². The molecule has 4 rings (SSSR count). The summed E-state index contributed by atoms with van der Waals surface area (Å²) in [6.45, 7) is 5.08. The summed E-state index contributed by atoms with van der Waals surface area (Å²) >= 11 is 0. The van der Waals surface area contributed by atoms with Crippen molar-refractivity contribution in [1.82, 2.24) is 15.5 Å². The summed E-state index contributed by atoms with van der Waals surface area (Å²) in [5.74, 6) is -0.654. The summed E-state index contributed by atoms with van der Waals surface area (Å²) < 4.78 is 99.5. The van der Waals surface area contributed by atoms with Gasteiger partial charge in [0.1, 0.15) is 17.7 Å². The number of rotatable bonds is 9. The van der Waals surface area contributed by atoms with E-state index < -0.39 is 83.1 Å². The second-order valence-electron chi connectivity index (χ2n) is 13.6. The Hall–Kier alpha value is -4.79. The highest BCUT2D eigenvalue weighted by Crippen LogP contribution is 2.44. The molecule has 2 N–H and O–H groups in total. The van der Waals surface area contributed by atoms with Crippen LogP contribution in [0.25, 0.3) is 0 Å². The number of amides is 3. The van der Waals surface area contributed by atoms with Crippen molar-refractivity contribution >= 4 is 18.1 Å². The lowest BCUT2D eigenvalue weighted by molar-refractivity contribution is -0.143. The van der Waals surface area contributed by atoms with Crippen molar-refractivity contribution < 1.29 is 54.9 Å². The average molecular weight is 738 g/mol. The number of alkyl halides is 6. The molecule has 1 saturated heterocycles. The molecule has 9 nitrogen and oxygen atoms in total. The van der Waals surface area contributed by atoms with Crippen molar-refractivity contribution in [1.29, 1.82) is 0 Å². The molecule has 282 valence electrons. The minimum Gasteiger partial charge on any atom is -0.445 e. The number of nitrogens with one attached hydrogen (secondary N) is 2. The van der Waals surface area contributed by atoms with Gasteiger partial charge in [-0.25, -0.2) is 9.59 Å². The zero-order valence-corrected chi connectivity index (χ0v) is 29.3. The molecule has 3 aromatic carbocycles. The van der Waals surface area contributed by atoms with Gasteiger partial charge < -0.3 is 24.8 Å². The van der Waals surface area contributed by atoms with E-state index in [1.165, 1.54) is 18.9 Å². The molecule has 0 saturated carbocycles. The molecule has 0 spiro atoms. The maximum atomic E-state index is 14.2. The second kappa shape index (κ2) is 15.4.